The molecule has 1 spiro atoms. The zero-order valence-corrected chi connectivity index (χ0v) is 20.7. The number of aliphatic hydroxyl groups is 1. The summed E-state index contributed by atoms with van der Waals surface area (Å²) in [6.45, 7) is 1.42. The fraction of sp³-hybridized carbons (Fsp3) is 0.440. The molecule has 4 rings (SSSR count). The topological polar surface area (TPSA) is 97.3 Å². The van der Waals surface area contributed by atoms with Gasteiger partial charge in [0.25, 0.3) is 5.91 Å². The Morgan fingerprint density at radius 2 is 1.95 bits per heavy atom. The largest absolute Gasteiger partial charge is 0.491 e. The van der Waals surface area contributed by atoms with Crippen LogP contribution in [-0.4, -0.2) is 73.1 Å². The Labute approximate surface area is 216 Å². The number of piperidine rings is 1. The van der Waals surface area contributed by atoms with Gasteiger partial charge < -0.3 is 29.5 Å². The average Bonchev–Trinajstić information content (AvgIpc) is 3.20. The highest BCUT2D eigenvalue weighted by Crippen LogP contribution is 2.42. The highest BCUT2D eigenvalue weighted by Gasteiger charge is 2.43. The Balaban J connectivity index is 1.32. The van der Waals surface area contributed by atoms with Gasteiger partial charge in [0.05, 0.1) is 5.56 Å². The molecule has 12 heteroatoms. The van der Waals surface area contributed by atoms with Crippen molar-refractivity contribution in [2.75, 3.05) is 33.3 Å². The molecule has 2 aliphatic heterocycles. The van der Waals surface area contributed by atoms with Gasteiger partial charge in [-0.3, -0.25) is 4.79 Å². The standard InChI is InChI=1S/C25H26ClF3N2O6/c1-30-22(33)19-4-3-18(36-23(34)25(27,28)29)11-21(19)35-14-17(32)13-31-8-6-24(7-9-31)12-15-10-16(26)2-5-20(15)37-24/h2-5,10-11,17,32H,6-9,12-14H2,1H3,(H,30,33)/t17-/m0/s1. The zero-order valence-electron chi connectivity index (χ0n) is 19.9. The molecule has 2 heterocycles. The van der Waals surface area contributed by atoms with Crippen LogP contribution in [0, 0.1) is 0 Å². The first-order chi connectivity index (χ1) is 17.5. The third-order valence-corrected chi connectivity index (χ3v) is 6.63. The molecule has 1 atom stereocenters. The van der Waals surface area contributed by atoms with Crippen molar-refractivity contribution in [3.05, 3.63) is 52.5 Å². The summed E-state index contributed by atoms with van der Waals surface area (Å²) >= 11 is 6.10. The number of fused-ring (bicyclic) bond motifs is 1. The van der Waals surface area contributed by atoms with Gasteiger partial charge in [-0.15, -0.1) is 0 Å². The van der Waals surface area contributed by atoms with Crippen LogP contribution in [0.4, 0.5) is 13.2 Å². The molecule has 0 aliphatic carbocycles. The molecule has 0 bridgehead atoms. The van der Waals surface area contributed by atoms with Crippen LogP contribution in [0.5, 0.6) is 17.2 Å². The van der Waals surface area contributed by atoms with Crippen molar-refractivity contribution in [1.29, 1.82) is 0 Å². The highest BCUT2D eigenvalue weighted by molar-refractivity contribution is 6.30. The van der Waals surface area contributed by atoms with Crippen molar-refractivity contribution >= 4 is 23.5 Å². The molecule has 1 fully saturated rings. The maximum absolute atomic E-state index is 12.5. The first kappa shape index (κ1) is 27.0. The molecule has 0 aromatic heterocycles. The van der Waals surface area contributed by atoms with Crippen LogP contribution in [0.25, 0.3) is 0 Å². The summed E-state index contributed by atoms with van der Waals surface area (Å²) < 4.78 is 53.7. The van der Waals surface area contributed by atoms with E-state index in [0.717, 1.165) is 42.7 Å². The van der Waals surface area contributed by atoms with E-state index in [1.165, 1.54) is 13.1 Å². The third kappa shape index (κ3) is 6.46. The number of hydrogen-bond acceptors (Lipinski definition) is 7. The number of benzene rings is 2. The number of β-amino-alcohol motifs (C(OH)–C–C–N with tert-alkyl or cyclic N) is 1. The number of carbonyl (C=O) groups excluding carboxylic acids is 2. The first-order valence-corrected chi connectivity index (χ1v) is 12.0. The van der Waals surface area contributed by atoms with Gasteiger partial charge in [0, 0.05) is 57.0 Å². The van der Waals surface area contributed by atoms with Gasteiger partial charge >= 0.3 is 12.1 Å². The van der Waals surface area contributed by atoms with Gasteiger partial charge in [0.15, 0.2) is 0 Å². The molecule has 2 aromatic rings. The number of amides is 1. The van der Waals surface area contributed by atoms with Crippen molar-refractivity contribution in [2.24, 2.45) is 0 Å². The quantitative estimate of drug-likeness (QED) is 0.409. The Morgan fingerprint density at radius 1 is 1.22 bits per heavy atom. The van der Waals surface area contributed by atoms with E-state index < -0.39 is 29.9 Å². The molecule has 37 heavy (non-hydrogen) atoms. The molecule has 0 unspecified atom stereocenters. The van der Waals surface area contributed by atoms with Crippen molar-refractivity contribution in [1.82, 2.24) is 10.2 Å². The minimum absolute atomic E-state index is 0.0134. The van der Waals surface area contributed by atoms with E-state index in [4.69, 9.17) is 21.1 Å². The predicted molar refractivity (Wildman–Crippen MR) is 127 cm³/mol. The molecule has 8 nitrogen and oxygen atoms in total. The zero-order chi connectivity index (χ0) is 26.8. The van der Waals surface area contributed by atoms with E-state index in [9.17, 15) is 27.9 Å². The summed E-state index contributed by atoms with van der Waals surface area (Å²) in [4.78, 5) is 25.4. The number of esters is 1. The smallest absolute Gasteiger partial charge is 0.490 e. The lowest BCUT2D eigenvalue weighted by atomic mass is 9.87. The van der Waals surface area contributed by atoms with Gasteiger partial charge in [-0.2, -0.15) is 13.2 Å². The Morgan fingerprint density at radius 3 is 2.62 bits per heavy atom. The molecular formula is C25H26ClF3N2O6. The third-order valence-electron chi connectivity index (χ3n) is 6.40. The minimum atomic E-state index is -5.18. The molecule has 2 aliphatic rings. The van der Waals surface area contributed by atoms with Gasteiger partial charge in [-0.1, -0.05) is 11.6 Å². The number of halogens is 4. The van der Waals surface area contributed by atoms with E-state index in [2.05, 4.69) is 15.0 Å². The van der Waals surface area contributed by atoms with Crippen LogP contribution in [0.3, 0.4) is 0 Å². The minimum Gasteiger partial charge on any atom is -0.490 e. The molecule has 1 amide bonds. The van der Waals surface area contributed by atoms with Crippen LogP contribution in [0.1, 0.15) is 28.8 Å². The molecule has 200 valence electrons. The number of likely N-dealkylation sites (tertiary alicyclic amines) is 1. The number of hydrogen-bond donors (Lipinski definition) is 2. The second-order valence-corrected chi connectivity index (χ2v) is 9.54. The number of nitrogens with zero attached hydrogens (tertiary/aromatic N) is 1. The lowest BCUT2D eigenvalue weighted by Gasteiger charge is -2.39. The number of rotatable bonds is 7. The molecular weight excluding hydrogens is 517 g/mol. The molecule has 0 radical (unpaired) electrons. The van der Waals surface area contributed by atoms with Gasteiger partial charge in [-0.25, -0.2) is 4.79 Å². The van der Waals surface area contributed by atoms with Crippen LogP contribution >= 0.6 is 11.6 Å². The van der Waals surface area contributed by atoms with Crippen LogP contribution in [0.15, 0.2) is 36.4 Å². The lowest BCUT2D eigenvalue weighted by Crippen LogP contribution is -2.49. The fourth-order valence-corrected chi connectivity index (χ4v) is 4.73. The fourth-order valence-electron chi connectivity index (χ4n) is 4.53. The Kier molecular flexibility index (Phi) is 7.86. The normalized spacial score (nSPS) is 17.6. The second-order valence-electron chi connectivity index (χ2n) is 9.10. The summed E-state index contributed by atoms with van der Waals surface area (Å²) in [6, 6.07) is 8.84. The summed E-state index contributed by atoms with van der Waals surface area (Å²) in [5.41, 5.74) is 0.811. The maximum Gasteiger partial charge on any atom is 0.491 e. The van der Waals surface area contributed by atoms with E-state index >= 15 is 0 Å². The van der Waals surface area contributed by atoms with Crippen LogP contribution in [-0.2, 0) is 11.2 Å². The number of nitrogens with one attached hydrogen (secondary N) is 1. The molecule has 1 saturated heterocycles. The van der Waals surface area contributed by atoms with Crippen molar-refractivity contribution in [2.45, 2.75) is 37.1 Å². The van der Waals surface area contributed by atoms with Crippen molar-refractivity contribution < 1.29 is 42.1 Å². The van der Waals surface area contributed by atoms with E-state index in [-0.39, 0.29) is 30.1 Å². The molecule has 2 N–H and O–H groups in total. The van der Waals surface area contributed by atoms with Crippen LogP contribution < -0.4 is 19.5 Å². The van der Waals surface area contributed by atoms with Gasteiger partial charge in [0.1, 0.15) is 35.6 Å². The summed E-state index contributed by atoms with van der Waals surface area (Å²) in [6.07, 6.45) is -3.82. The van der Waals surface area contributed by atoms with E-state index in [0.29, 0.717) is 18.1 Å². The van der Waals surface area contributed by atoms with E-state index in [1.54, 1.807) is 6.07 Å². The monoisotopic (exact) mass is 542 g/mol. The van der Waals surface area contributed by atoms with Crippen LogP contribution in [0.2, 0.25) is 5.02 Å². The van der Waals surface area contributed by atoms with Crippen molar-refractivity contribution in [3.63, 3.8) is 0 Å². The number of alkyl halides is 3. The Hall–Kier alpha value is -3.02. The average molecular weight is 543 g/mol. The second kappa shape index (κ2) is 10.8. The lowest BCUT2D eigenvalue weighted by molar-refractivity contribution is -0.189. The van der Waals surface area contributed by atoms with E-state index in [1.807, 2.05) is 12.1 Å². The van der Waals surface area contributed by atoms with Crippen molar-refractivity contribution in [3.8, 4) is 17.2 Å². The number of aliphatic hydroxyl groups excluding tert-OH is 1. The van der Waals surface area contributed by atoms with Gasteiger partial charge in [-0.05, 0) is 35.9 Å². The molecule has 2 aromatic carbocycles. The summed E-state index contributed by atoms with van der Waals surface area (Å²) in [7, 11) is 1.38. The van der Waals surface area contributed by atoms with Gasteiger partial charge in [0.2, 0.25) is 0 Å². The summed E-state index contributed by atoms with van der Waals surface area (Å²) in [5, 5.41) is 13.6. The number of ether oxygens (including phenoxy) is 3. The SMILES string of the molecule is CNC(=O)c1ccc(OC(=O)C(F)(F)F)cc1OC[C@@H](O)CN1CCC2(CC1)Cc1cc(Cl)ccc1O2. The highest BCUT2D eigenvalue weighted by atomic mass is 35.5. The molecule has 0 saturated carbocycles. The Bertz CT molecular complexity index is 1170. The predicted octanol–water partition coefficient (Wildman–Crippen LogP) is 3.38. The maximum atomic E-state index is 12.5. The number of carbonyl (C=O) groups is 2. The summed E-state index contributed by atoms with van der Waals surface area (Å²) in [5.74, 6) is -2.68. The first-order valence-electron chi connectivity index (χ1n) is 11.6.